The van der Waals surface area contributed by atoms with E-state index in [0.717, 1.165) is 30.6 Å². The molecule has 0 aromatic heterocycles. The molecule has 1 fully saturated rings. The van der Waals surface area contributed by atoms with Crippen molar-refractivity contribution in [2.24, 2.45) is 0 Å². The van der Waals surface area contributed by atoms with Crippen molar-refractivity contribution in [3.05, 3.63) is 48.0 Å². The molecule has 0 aliphatic carbocycles. The van der Waals surface area contributed by atoms with E-state index in [1.54, 1.807) is 6.07 Å². The number of anilines is 1. The van der Waals surface area contributed by atoms with Crippen molar-refractivity contribution in [1.82, 2.24) is 4.31 Å². The maximum Gasteiger partial charge on any atom is 0.259 e. The molecule has 29 heavy (non-hydrogen) atoms. The van der Waals surface area contributed by atoms with E-state index < -0.39 is 15.9 Å². The van der Waals surface area contributed by atoms with Crippen molar-refractivity contribution in [3.63, 3.8) is 0 Å². The largest absolute Gasteiger partial charge is 0.496 e. The summed E-state index contributed by atoms with van der Waals surface area (Å²) < 4.78 is 33.1. The predicted molar refractivity (Wildman–Crippen MR) is 116 cm³/mol. The standard InChI is InChI=1S/C21H26N2O4S2/c1-27-19-12-11-16(29(25,26)23-13-7-3-4-8-14-23)15-17(19)21(24)22-18-9-5-6-10-20(18)28-2/h5-6,9-12,15H,3-4,7-8,13-14H2,1-2H3,(H,22,24). The molecule has 0 spiro atoms. The predicted octanol–water partition coefficient (Wildman–Crippen LogP) is 4.23. The molecule has 0 bridgehead atoms. The third-order valence-corrected chi connectivity index (χ3v) is 7.66. The van der Waals surface area contributed by atoms with E-state index in [9.17, 15) is 13.2 Å². The molecule has 156 valence electrons. The van der Waals surface area contributed by atoms with Gasteiger partial charge in [0, 0.05) is 18.0 Å². The van der Waals surface area contributed by atoms with Crippen LogP contribution in [0.2, 0.25) is 0 Å². The van der Waals surface area contributed by atoms with Crippen molar-refractivity contribution in [2.45, 2.75) is 35.5 Å². The highest BCUT2D eigenvalue weighted by atomic mass is 32.2. The summed E-state index contributed by atoms with van der Waals surface area (Å²) in [6.07, 6.45) is 5.72. The minimum Gasteiger partial charge on any atom is -0.496 e. The van der Waals surface area contributed by atoms with E-state index in [1.165, 1.54) is 35.3 Å². The lowest BCUT2D eigenvalue weighted by molar-refractivity contribution is 0.102. The molecule has 2 aromatic carbocycles. The molecule has 3 rings (SSSR count). The summed E-state index contributed by atoms with van der Waals surface area (Å²) in [5.41, 5.74) is 0.868. The van der Waals surface area contributed by atoms with Gasteiger partial charge in [-0.25, -0.2) is 8.42 Å². The molecule has 0 atom stereocenters. The Morgan fingerprint density at radius 3 is 2.41 bits per heavy atom. The van der Waals surface area contributed by atoms with Gasteiger partial charge in [-0.3, -0.25) is 4.79 Å². The second-order valence-corrected chi connectivity index (χ2v) is 9.62. The number of amides is 1. The highest BCUT2D eigenvalue weighted by molar-refractivity contribution is 7.98. The first-order chi connectivity index (χ1) is 14.0. The van der Waals surface area contributed by atoms with Crippen molar-refractivity contribution in [2.75, 3.05) is 31.8 Å². The van der Waals surface area contributed by atoms with Gasteiger partial charge in [0.15, 0.2) is 0 Å². The van der Waals surface area contributed by atoms with Gasteiger partial charge in [0.25, 0.3) is 5.91 Å². The lowest BCUT2D eigenvalue weighted by Gasteiger charge is -2.21. The number of nitrogens with zero attached hydrogens (tertiary/aromatic N) is 1. The van der Waals surface area contributed by atoms with Gasteiger partial charge in [-0.15, -0.1) is 11.8 Å². The van der Waals surface area contributed by atoms with Gasteiger partial charge in [0.05, 0.1) is 23.3 Å². The second-order valence-electron chi connectivity index (χ2n) is 6.83. The topological polar surface area (TPSA) is 75.7 Å². The fourth-order valence-electron chi connectivity index (χ4n) is 3.39. The molecule has 8 heteroatoms. The maximum atomic E-state index is 13.1. The van der Waals surface area contributed by atoms with Crippen LogP contribution in [-0.2, 0) is 10.0 Å². The summed E-state index contributed by atoms with van der Waals surface area (Å²) in [7, 11) is -2.20. The first-order valence-electron chi connectivity index (χ1n) is 9.60. The van der Waals surface area contributed by atoms with Crippen molar-refractivity contribution in [1.29, 1.82) is 0 Å². The molecular weight excluding hydrogens is 408 g/mol. The Hall–Kier alpha value is -2.03. The number of methoxy groups -OCH3 is 1. The fraction of sp³-hybridized carbons (Fsp3) is 0.381. The number of para-hydroxylation sites is 1. The number of nitrogens with one attached hydrogen (secondary N) is 1. The Labute approximate surface area is 176 Å². The smallest absolute Gasteiger partial charge is 0.259 e. The van der Waals surface area contributed by atoms with Crippen molar-refractivity contribution >= 4 is 33.4 Å². The molecule has 2 aromatic rings. The Bertz CT molecular complexity index is 968. The molecule has 0 unspecified atom stereocenters. The van der Waals surface area contributed by atoms with Crippen LogP contribution in [-0.4, -0.2) is 45.1 Å². The number of ether oxygens (including phenoxy) is 1. The van der Waals surface area contributed by atoms with Gasteiger partial charge < -0.3 is 10.1 Å². The molecule has 0 radical (unpaired) electrons. The van der Waals surface area contributed by atoms with E-state index in [2.05, 4.69) is 5.32 Å². The van der Waals surface area contributed by atoms with E-state index >= 15 is 0 Å². The third-order valence-electron chi connectivity index (χ3n) is 4.97. The number of hydrogen-bond donors (Lipinski definition) is 1. The van der Waals surface area contributed by atoms with E-state index in [1.807, 2.05) is 30.5 Å². The van der Waals surface area contributed by atoms with Crippen LogP contribution >= 0.6 is 11.8 Å². The molecule has 1 saturated heterocycles. The van der Waals surface area contributed by atoms with Crippen LogP contribution in [0.15, 0.2) is 52.3 Å². The van der Waals surface area contributed by atoms with Crippen LogP contribution in [0.3, 0.4) is 0 Å². The van der Waals surface area contributed by atoms with E-state index in [0.29, 0.717) is 24.5 Å². The Balaban J connectivity index is 1.93. The van der Waals surface area contributed by atoms with Crippen LogP contribution in [0.25, 0.3) is 0 Å². The minimum absolute atomic E-state index is 0.114. The summed E-state index contributed by atoms with van der Waals surface area (Å²) in [5.74, 6) is -0.0739. The summed E-state index contributed by atoms with van der Waals surface area (Å²) in [5, 5.41) is 2.87. The van der Waals surface area contributed by atoms with Gasteiger partial charge in [-0.05, 0) is 49.4 Å². The average Bonchev–Trinajstić information content (AvgIpc) is 3.03. The number of hydrogen-bond acceptors (Lipinski definition) is 5. The number of carbonyl (C=O) groups excluding carboxylic acids is 1. The SMILES string of the molecule is COc1ccc(S(=O)(=O)N2CCCCCC2)cc1C(=O)Nc1ccccc1SC. The number of carbonyl (C=O) groups is 1. The first-order valence-corrected chi connectivity index (χ1v) is 12.3. The number of sulfonamides is 1. The molecule has 1 aliphatic rings. The fourth-order valence-corrected chi connectivity index (χ4v) is 5.49. The highest BCUT2D eigenvalue weighted by Gasteiger charge is 2.27. The normalized spacial score (nSPS) is 15.5. The lowest BCUT2D eigenvalue weighted by Crippen LogP contribution is -2.32. The molecule has 1 heterocycles. The minimum atomic E-state index is -3.66. The number of rotatable bonds is 6. The van der Waals surface area contributed by atoms with Crippen LogP contribution in [0.1, 0.15) is 36.0 Å². The molecule has 0 saturated carbocycles. The lowest BCUT2D eigenvalue weighted by atomic mass is 10.2. The Morgan fingerprint density at radius 2 is 1.76 bits per heavy atom. The van der Waals surface area contributed by atoms with Crippen LogP contribution in [0, 0.1) is 0 Å². The van der Waals surface area contributed by atoms with Crippen LogP contribution < -0.4 is 10.1 Å². The third kappa shape index (κ3) is 4.94. The van der Waals surface area contributed by atoms with Gasteiger partial charge in [-0.2, -0.15) is 4.31 Å². The number of benzene rings is 2. The first kappa shape index (κ1) is 21.7. The molecule has 1 amide bonds. The highest BCUT2D eigenvalue weighted by Crippen LogP contribution is 2.29. The summed E-state index contributed by atoms with van der Waals surface area (Å²) >= 11 is 1.52. The zero-order valence-corrected chi connectivity index (χ0v) is 18.3. The van der Waals surface area contributed by atoms with Crippen molar-refractivity contribution in [3.8, 4) is 5.75 Å². The van der Waals surface area contributed by atoms with Crippen molar-refractivity contribution < 1.29 is 17.9 Å². The van der Waals surface area contributed by atoms with Gasteiger partial charge >= 0.3 is 0 Å². The van der Waals surface area contributed by atoms with Gasteiger partial charge in [0.2, 0.25) is 10.0 Å². The molecule has 1 aliphatic heterocycles. The second kappa shape index (κ2) is 9.65. The summed E-state index contributed by atoms with van der Waals surface area (Å²) in [6.45, 7) is 1.02. The average molecular weight is 435 g/mol. The summed E-state index contributed by atoms with van der Waals surface area (Å²) in [6, 6.07) is 11.9. The van der Waals surface area contributed by atoms with Crippen LogP contribution in [0.5, 0.6) is 5.75 Å². The quantitative estimate of drug-likeness (QED) is 0.689. The molecule has 6 nitrogen and oxygen atoms in total. The van der Waals surface area contributed by atoms with Gasteiger partial charge in [0.1, 0.15) is 5.75 Å². The van der Waals surface area contributed by atoms with Gasteiger partial charge in [-0.1, -0.05) is 25.0 Å². The number of thioether (sulfide) groups is 1. The van der Waals surface area contributed by atoms with Crippen LogP contribution in [0.4, 0.5) is 5.69 Å². The summed E-state index contributed by atoms with van der Waals surface area (Å²) in [4.78, 5) is 14.0. The molecule has 1 N–H and O–H groups in total. The maximum absolute atomic E-state index is 13.1. The Kier molecular flexibility index (Phi) is 7.21. The zero-order valence-electron chi connectivity index (χ0n) is 16.7. The zero-order chi connectivity index (χ0) is 20.9. The van der Waals surface area contributed by atoms with E-state index in [4.69, 9.17) is 4.74 Å². The van der Waals surface area contributed by atoms with E-state index in [-0.39, 0.29) is 10.5 Å². The molecular formula is C21H26N2O4S2. The Morgan fingerprint density at radius 1 is 1.07 bits per heavy atom. The monoisotopic (exact) mass is 434 g/mol.